The number of nitrogens with zero attached hydrogens (tertiary/aromatic N) is 1. The first-order valence-electron chi connectivity index (χ1n) is 5.97. The summed E-state index contributed by atoms with van der Waals surface area (Å²) in [4.78, 5) is 10.4. The SMILES string of the molecule is C[C@@H](O)c1ccc(Oc2cc(Br)cc([N+](=O)[O-])c2)c(Br)c1. The molecule has 0 unspecified atom stereocenters. The zero-order valence-electron chi connectivity index (χ0n) is 10.9. The van der Waals surface area contributed by atoms with Gasteiger partial charge < -0.3 is 9.84 Å². The molecule has 7 heteroatoms. The van der Waals surface area contributed by atoms with E-state index in [-0.39, 0.29) is 5.69 Å². The predicted octanol–water partition coefficient (Wildman–Crippen LogP) is 4.97. The van der Waals surface area contributed by atoms with E-state index in [1.54, 1.807) is 31.2 Å². The van der Waals surface area contributed by atoms with Gasteiger partial charge in [0.1, 0.15) is 11.5 Å². The van der Waals surface area contributed by atoms with Crippen LogP contribution in [0.5, 0.6) is 11.5 Å². The molecule has 1 N–H and O–H groups in total. The van der Waals surface area contributed by atoms with Crippen LogP contribution in [0.3, 0.4) is 0 Å². The second kappa shape index (κ2) is 6.55. The van der Waals surface area contributed by atoms with Gasteiger partial charge in [0.05, 0.1) is 21.6 Å². The fraction of sp³-hybridized carbons (Fsp3) is 0.143. The number of aliphatic hydroxyl groups excluding tert-OH is 1. The number of hydrogen-bond donors (Lipinski definition) is 1. The van der Waals surface area contributed by atoms with Crippen LogP contribution in [-0.2, 0) is 0 Å². The molecule has 2 aromatic carbocycles. The van der Waals surface area contributed by atoms with Crippen molar-refractivity contribution in [2.24, 2.45) is 0 Å². The average Bonchev–Trinajstić information content (AvgIpc) is 2.40. The molecule has 0 aliphatic rings. The van der Waals surface area contributed by atoms with E-state index in [0.29, 0.717) is 20.4 Å². The minimum absolute atomic E-state index is 0.0592. The summed E-state index contributed by atoms with van der Waals surface area (Å²) < 4.78 is 6.87. The second-order valence-electron chi connectivity index (χ2n) is 4.37. The molecule has 5 nitrogen and oxygen atoms in total. The minimum atomic E-state index is -0.581. The molecule has 0 aliphatic carbocycles. The number of halogens is 2. The lowest BCUT2D eigenvalue weighted by Gasteiger charge is -2.11. The summed E-state index contributed by atoms with van der Waals surface area (Å²) in [6.07, 6.45) is -0.581. The molecule has 0 amide bonds. The van der Waals surface area contributed by atoms with Gasteiger partial charge in [-0.3, -0.25) is 10.1 Å². The van der Waals surface area contributed by atoms with E-state index in [0.717, 1.165) is 5.56 Å². The Labute approximate surface area is 138 Å². The van der Waals surface area contributed by atoms with Crippen LogP contribution in [0, 0.1) is 10.1 Å². The van der Waals surface area contributed by atoms with Gasteiger partial charge in [-0.2, -0.15) is 0 Å². The molecule has 0 fully saturated rings. The van der Waals surface area contributed by atoms with Crippen LogP contribution < -0.4 is 4.74 Å². The van der Waals surface area contributed by atoms with Crippen molar-refractivity contribution in [3.05, 3.63) is 61.0 Å². The van der Waals surface area contributed by atoms with Crippen molar-refractivity contribution in [3.8, 4) is 11.5 Å². The molecule has 0 saturated heterocycles. The molecule has 2 rings (SSSR count). The van der Waals surface area contributed by atoms with Crippen LogP contribution >= 0.6 is 31.9 Å². The Hall–Kier alpha value is -1.44. The fourth-order valence-corrected chi connectivity index (χ4v) is 2.64. The molecule has 21 heavy (non-hydrogen) atoms. The van der Waals surface area contributed by atoms with Gasteiger partial charge in [-0.05, 0) is 46.6 Å². The van der Waals surface area contributed by atoms with E-state index < -0.39 is 11.0 Å². The van der Waals surface area contributed by atoms with Crippen molar-refractivity contribution in [1.82, 2.24) is 0 Å². The molecule has 0 radical (unpaired) electrons. The van der Waals surface area contributed by atoms with Gasteiger partial charge in [-0.1, -0.05) is 22.0 Å². The molecule has 0 bridgehead atoms. The Morgan fingerprint density at radius 2 is 1.95 bits per heavy atom. The lowest BCUT2D eigenvalue weighted by molar-refractivity contribution is -0.385. The Kier molecular flexibility index (Phi) is 4.97. The number of nitro groups is 1. The largest absolute Gasteiger partial charge is 0.456 e. The molecule has 0 saturated carbocycles. The van der Waals surface area contributed by atoms with Crippen LogP contribution in [0.4, 0.5) is 5.69 Å². The van der Waals surface area contributed by atoms with Gasteiger partial charge in [0.2, 0.25) is 0 Å². The van der Waals surface area contributed by atoms with E-state index in [1.165, 1.54) is 12.1 Å². The number of benzene rings is 2. The first-order valence-corrected chi connectivity index (χ1v) is 7.56. The maximum atomic E-state index is 10.8. The first-order chi connectivity index (χ1) is 9.86. The molecule has 110 valence electrons. The maximum absolute atomic E-state index is 10.8. The van der Waals surface area contributed by atoms with Crippen LogP contribution in [0.1, 0.15) is 18.6 Å². The summed E-state index contributed by atoms with van der Waals surface area (Å²) in [5.41, 5.74) is 0.686. The van der Waals surface area contributed by atoms with Crippen LogP contribution in [0.2, 0.25) is 0 Å². The van der Waals surface area contributed by atoms with Crippen molar-refractivity contribution in [2.45, 2.75) is 13.0 Å². The Morgan fingerprint density at radius 3 is 2.52 bits per heavy atom. The summed E-state index contributed by atoms with van der Waals surface area (Å²) in [7, 11) is 0. The Balaban J connectivity index is 2.32. The third kappa shape index (κ3) is 4.03. The molecule has 1 atom stereocenters. The lowest BCUT2D eigenvalue weighted by atomic mass is 10.1. The third-order valence-electron chi connectivity index (χ3n) is 2.73. The number of non-ortho nitro benzene ring substituents is 1. The van der Waals surface area contributed by atoms with Crippen molar-refractivity contribution in [3.63, 3.8) is 0 Å². The predicted molar refractivity (Wildman–Crippen MR) is 85.6 cm³/mol. The van der Waals surface area contributed by atoms with Crippen LogP contribution in [0.25, 0.3) is 0 Å². The number of aliphatic hydroxyl groups is 1. The Morgan fingerprint density at radius 1 is 1.24 bits per heavy atom. The summed E-state index contributed by atoms with van der Waals surface area (Å²) in [5.74, 6) is 0.855. The molecular weight excluding hydrogens is 406 g/mol. The van der Waals surface area contributed by atoms with Crippen LogP contribution in [0.15, 0.2) is 45.3 Å². The number of rotatable bonds is 4. The summed E-state index contributed by atoms with van der Waals surface area (Å²) in [5, 5.41) is 20.4. The molecule has 0 spiro atoms. The van der Waals surface area contributed by atoms with Crippen molar-refractivity contribution >= 4 is 37.5 Å². The van der Waals surface area contributed by atoms with Gasteiger partial charge >= 0.3 is 0 Å². The van der Waals surface area contributed by atoms with Crippen molar-refractivity contribution in [1.29, 1.82) is 0 Å². The highest BCUT2D eigenvalue weighted by atomic mass is 79.9. The van der Waals surface area contributed by atoms with E-state index in [1.807, 2.05) is 0 Å². The Bertz CT molecular complexity index is 689. The van der Waals surface area contributed by atoms with Crippen LogP contribution in [-0.4, -0.2) is 10.0 Å². The zero-order valence-corrected chi connectivity index (χ0v) is 14.1. The van der Waals surface area contributed by atoms with E-state index in [2.05, 4.69) is 31.9 Å². The summed E-state index contributed by atoms with van der Waals surface area (Å²) >= 11 is 6.57. The highest BCUT2D eigenvalue weighted by Crippen LogP contribution is 2.34. The summed E-state index contributed by atoms with van der Waals surface area (Å²) in [6, 6.07) is 9.56. The average molecular weight is 417 g/mol. The van der Waals surface area contributed by atoms with Crippen molar-refractivity contribution < 1.29 is 14.8 Å². The van der Waals surface area contributed by atoms with E-state index in [9.17, 15) is 15.2 Å². The topological polar surface area (TPSA) is 72.6 Å². The molecule has 0 aliphatic heterocycles. The smallest absolute Gasteiger partial charge is 0.274 e. The van der Waals surface area contributed by atoms with Gasteiger partial charge in [-0.15, -0.1) is 0 Å². The lowest BCUT2D eigenvalue weighted by Crippen LogP contribution is -1.93. The quantitative estimate of drug-likeness (QED) is 0.564. The van der Waals surface area contributed by atoms with Crippen molar-refractivity contribution in [2.75, 3.05) is 0 Å². The third-order valence-corrected chi connectivity index (χ3v) is 3.81. The monoisotopic (exact) mass is 415 g/mol. The minimum Gasteiger partial charge on any atom is -0.456 e. The molecule has 0 aromatic heterocycles. The molecular formula is C14H11Br2NO4. The fourth-order valence-electron chi connectivity index (χ4n) is 1.70. The number of nitro benzene ring substituents is 1. The number of hydrogen-bond acceptors (Lipinski definition) is 4. The van der Waals surface area contributed by atoms with Gasteiger partial charge in [0, 0.05) is 10.5 Å². The second-order valence-corrected chi connectivity index (χ2v) is 6.14. The standard InChI is InChI=1S/C14H11Br2NO4/c1-8(18)9-2-3-14(13(16)4-9)21-12-6-10(15)5-11(7-12)17(19)20/h2-8,18H,1H3/t8-/m1/s1. The van der Waals surface area contributed by atoms with E-state index in [4.69, 9.17) is 4.74 Å². The number of ether oxygens (including phenoxy) is 1. The molecule has 2 aromatic rings. The highest BCUT2D eigenvalue weighted by Gasteiger charge is 2.12. The zero-order chi connectivity index (χ0) is 15.6. The first kappa shape index (κ1) is 15.9. The maximum Gasteiger partial charge on any atom is 0.274 e. The van der Waals surface area contributed by atoms with Gasteiger partial charge in [0.15, 0.2) is 0 Å². The van der Waals surface area contributed by atoms with Gasteiger partial charge in [0.25, 0.3) is 5.69 Å². The highest BCUT2D eigenvalue weighted by molar-refractivity contribution is 9.10. The normalized spacial score (nSPS) is 12.0. The summed E-state index contributed by atoms with van der Waals surface area (Å²) in [6.45, 7) is 1.67. The van der Waals surface area contributed by atoms with E-state index >= 15 is 0 Å². The molecule has 0 heterocycles. The van der Waals surface area contributed by atoms with Gasteiger partial charge in [-0.25, -0.2) is 0 Å².